The van der Waals surface area contributed by atoms with Crippen molar-refractivity contribution in [1.82, 2.24) is 14.5 Å². The van der Waals surface area contributed by atoms with Gasteiger partial charge in [-0.25, -0.2) is 4.98 Å². The van der Waals surface area contributed by atoms with Crippen LogP contribution in [-0.2, 0) is 6.54 Å². The Hall–Kier alpha value is -3.32. The van der Waals surface area contributed by atoms with Crippen LogP contribution in [0.2, 0.25) is 0 Å². The van der Waals surface area contributed by atoms with Crippen LogP contribution < -0.4 is 9.64 Å². The smallest absolute Gasteiger partial charge is 0.273 e. The van der Waals surface area contributed by atoms with Gasteiger partial charge in [0.1, 0.15) is 16.5 Å². The van der Waals surface area contributed by atoms with Crippen LogP contribution in [0.3, 0.4) is 0 Å². The van der Waals surface area contributed by atoms with E-state index in [0.29, 0.717) is 18.8 Å². The Morgan fingerprint density at radius 3 is 2.66 bits per heavy atom. The maximum atomic E-state index is 13.1. The topological polar surface area (TPSA) is 50.6 Å². The number of benzene rings is 2. The highest BCUT2D eigenvalue weighted by Gasteiger charge is 2.25. The number of ether oxygens (including phenoxy) is 1. The number of carbonyl (C=O) groups excluding carboxylic acids is 1. The summed E-state index contributed by atoms with van der Waals surface area (Å²) in [6, 6.07) is 18.6. The number of para-hydroxylation sites is 1. The van der Waals surface area contributed by atoms with Crippen LogP contribution in [0, 0.1) is 0 Å². The van der Waals surface area contributed by atoms with E-state index in [4.69, 9.17) is 9.72 Å². The first-order valence-corrected chi connectivity index (χ1v) is 11.8. The van der Waals surface area contributed by atoms with Crippen LogP contribution in [0.15, 0.2) is 60.0 Å². The molecule has 0 N–H and O–H groups in total. The number of methoxy groups -OCH3 is 1. The first-order valence-electron chi connectivity index (χ1n) is 10.9. The first kappa shape index (κ1) is 20.6. The number of amides is 1. The molecule has 4 aromatic rings. The lowest BCUT2D eigenvalue weighted by Crippen LogP contribution is -2.48. The molecule has 5 rings (SSSR count). The van der Waals surface area contributed by atoms with Gasteiger partial charge in [-0.2, -0.15) is 0 Å². The van der Waals surface area contributed by atoms with Crippen molar-refractivity contribution in [2.75, 3.05) is 38.2 Å². The molecule has 1 aliphatic rings. The minimum Gasteiger partial charge on any atom is -0.497 e. The first-order chi connectivity index (χ1) is 15.7. The zero-order valence-corrected chi connectivity index (χ0v) is 19.1. The summed E-state index contributed by atoms with van der Waals surface area (Å²) in [6.07, 6.45) is 0. The van der Waals surface area contributed by atoms with Crippen molar-refractivity contribution in [3.05, 3.63) is 65.7 Å². The van der Waals surface area contributed by atoms with Crippen LogP contribution in [0.5, 0.6) is 5.75 Å². The molecule has 1 saturated heterocycles. The summed E-state index contributed by atoms with van der Waals surface area (Å²) in [5.74, 6) is 0.859. The molecule has 0 spiro atoms. The number of fused-ring (bicyclic) bond motifs is 1. The monoisotopic (exact) mass is 446 g/mol. The largest absolute Gasteiger partial charge is 0.497 e. The third kappa shape index (κ3) is 3.73. The Balaban J connectivity index is 1.31. The number of thiazole rings is 1. The predicted molar refractivity (Wildman–Crippen MR) is 130 cm³/mol. The van der Waals surface area contributed by atoms with Crippen LogP contribution in [0.4, 0.5) is 5.69 Å². The highest BCUT2D eigenvalue weighted by atomic mass is 32.1. The normalized spacial score (nSPS) is 14.2. The molecule has 0 atom stereocenters. The number of anilines is 1. The molecule has 32 heavy (non-hydrogen) atoms. The van der Waals surface area contributed by atoms with Crippen molar-refractivity contribution >= 4 is 33.8 Å². The van der Waals surface area contributed by atoms with Crippen molar-refractivity contribution in [2.45, 2.75) is 13.5 Å². The molecule has 1 aliphatic heterocycles. The van der Waals surface area contributed by atoms with Gasteiger partial charge in [-0.3, -0.25) is 4.79 Å². The summed E-state index contributed by atoms with van der Waals surface area (Å²) in [4.78, 5) is 22.1. The number of aromatic nitrogens is 2. The lowest BCUT2D eigenvalue weighted by Gasteiger charge is -2.35. The average molecular weight is 447 g/mol. The molecule has 0 saturated carbocycles. The fourth-order valence-corrected chi connectivity index (χ4v) is 5.17. The minimum absolute atomic E-state index is 0.0111. The number of rotatable bonds is 5. The van der Waals surface area contributed by atoms with Gasteiger partial charge in [-0.1, -0.05) is 24.3 Å². The molecule has 2 aromatic carbocycles. The van der Waals surface area contributed by atoms with E-state index in [-0.39, 0.29) is 5.91 Å². The Bertz CT molecular complexity index is 1250. The van der Waals surface area contributed by atoms with Crippen LogP contribution in [0.25, 0.3) is 21.6 Å². The predicted octanol–water partition coefficient (Wildman–Crippen LogP) is 4.76. The van der Waals surface area contributed by atoms with Crippen LogP contribution >= 0.6 is 11.3 Å². The number of hydrogen-bond acceptors (Lipinski definition) is 5. The summed E-state index contributed by atoms with van der Waals surface area (Å²) >= 11 is 1.54. The average Bonchev–Trinajstić information content (AvgIpc) is 3.48. The molecule has 6 nitrogen and oxygen atoms in total. The highest BCUT2D eigenvalue weighted by Crippen LogP contribution is 2.31. The summed E-state index contributed by atoms with van der Waals surface area (Å²) < 4.78 is 7.60. The van der Waals surface area contributed by atoms with Crippen molar-refractivity contribution < 1.29 is 9.53 Å². The second kappa shape index (κ2) is 8.67. The summed E-state index contributed by atoms with van der Waals surface area (Å²) in [6.45, 7) is 5.94. The number of carbonyl (C=O) groups is 1. The maximum Gasteiger partial charge on any atom is 0.273 e. The number of piperazine rings is 1. The van der Waals surface area contributed by atoms with Crippen LogP contribution in [-0.4, -0.2) is 53.6 Å². The minimum atomic E-state index is 0.0111. The summed E-state index contributed by atoms with van der Waals surface area (Å²) in [5.41, 5.74) is 3.93. The SMILES string of the molecule is CCn1c(-c2nc(C(=O)N3CCN(c4cccc(OC)c4)CC3)cs2)cc2ccccc21. The molecule has 7 heteroatoms. The van der Waals surface area contributed by atoms with Crippen molar-refractivity contribution in [3.63, 3.8) is 0 Å². The number of hydrogen-bond donors (Lipinski definition) is 0. The Morgan fingerprint density at radius 2 is 1.88 bits per heavy atom. The van der Waals surface area contributed by atoms with Crippen molar-refractivity contribution in [3.8, 4) is 16.5 Å². The van der Waals surface area contributed by atoms with E-state index < -0.39 is 0 Å². The molecule has 2 aromatic heterocycles. The van der Waals surface area contributed by atoms with Crippen LogP contribution in [0.1, 0.15) is 17.4 Å². The highest BCUT2D eigenvalue weighted by molar-refractivity contribution is 7.13. The van der Waals surface area contributed by atoms with E-state index in [1.54, 1.807) is 7.11 Å². The van der Waals surface area contributed by atoms with E-state index in [2.05, 4.69) is 46.7 Å². The molecule has 0 radical (unpaired) electrons. The second-order valence-electron chi connectivity index (χ2n) is 7.85. The molecule has 0 unspecified atom stereocenters. The number of aryl methyl sites for hydroxylation is 1. The maximum absolute atomic E-state index is 13.1. The van der Waals surface area contributed by atoms with E-state index in [9.17, 15) is 4.79 Å². The molecular weight excluding hydrogens is 420 g/mol. The van der Waals surface area contributed by atoms with Gasteiger partial charge in [0.25, 0.3) is 5.91 Å². The van der Waals surface area contributed by atoms with Gasteiger partial charge in [-0.15, -0.1) is 11.3 Å². The third-order valence-corrected chi connectivity index (χ3v) is 6.92. The zero-order chi connectivity index (χ0) is 22.1. The zero-order valence-electron chi connectivity index (χ0n) is 18.3. The quantitative estimate of drug-likeness (QED) is 0.444. The second-order valence-corrected chi connectivity index (χ2v) is 8.71. The number of nitrogens with zero attached hydrogens (tertiary/aromatic N) is 4. The van der Waals surface area contributed by atoms with Gasteiger partial charge in [-0.05, 0) is 31.2 Å². The Labute approximate surface area is 191 Å². The van der Waals surface area contributed by atoms with E-state index in [0.717, 1.165) is 41.8 Å². The van der Waals surface area contributed by atoms with Gasteiger partial charge >= 0.3 is 0 Å². The lowest BCUT2D eigenvalue weighted by molar-refractivity contribution is 0.0741. The van der Waals surface area contributed by atoms with Crippen molar-refractivity contribution in [2.24, 2.45) is 0 Å². The third-order valence-electron chi connectivity index (χ3n) is 6.05. The molecule has 0 aliphatic carbocycles. The molecule has 1 amide bonds. The fourth-order valence-electron chi connectivity index (χ4n) is 4.35. The molecule has 3 heterocycles. The molecule has 164 valence electrons. The lowest BCUT2D eigenvalue weighted by atomic mass is 10.2. The standard InChI is InChI=1S/C25H26N4O2S/c1-3-29-22-10-5-4-7-18(22)15-23(29)24-26-21(17-32-24)25(30)28-13-11-27(12-14-28)19-8-6-9-20(16-19)31-2/h4-10,15-17H,3,11-14H2,1-2H3. The molecule has 1 fully saturated rings. The van der Waals surface area contributed by atoms with Gasteiger partial charge < -0.3 is 19.1 Å². The van der Waals surface area contributed by atoms with Gasteiger partial charge in [0.15, 0.2) is 0 Å². The Morgan fingerprint density at radius 1 is 1.06 bits per heavy atom. The van der Waals surface area contributed by atoms with Gasteiger partial charge in [0.2, 0.25) is 0 Å². The molecular formula is C25H26N4O2S. The Kier molecular flexibility index (Phi) is 5.57. The van der Waals surface area contributed by atoms with E-state index in [1.165, 1.54) is 22.2 Å². The fraction of sp³-hybridized carbons (Fsp3) is 0.280. The van der Waals surface area contributed by atoms with Gasteiger partial charge in [0, 0.05) is 60.8 Å². The van der Waals surface area contributed by atoms with E-state index in [1.807, 2.05) is 34.5 Å². The summed E-state index contributed by atoms with van der Waals surface area (Å²) in [7, 11) is 1.68. The van der Waals surface area contributed by atoms with E-state index >= 15 is 0 Å². The molecule has 0 bridgehead atoms. The summed E-state index contributed by atoms with van der Waals surface area (Å²) in [5, 5.41) is 3.98. The van der Waals surface area contributed by atoms with Crippen molar-refractivity contribution in [1.29, 1.82) is 0 Å². The van der Waals surface area contributed by atoms with Gasteiger partial charge in [0.05, 0.1) is 12.8 Å².